The zero-order valence-electron chi connectivity index (χ0n) is 8.87. The van der Waals surface area contributed by atoms with Crippen LogP contribution in [0.25, 0.3) is 0 Å². The van der Waals surface area contributed by atoms with Gasteiger partial charge in [-0.25, -0.2) is 0 Å². The van der Waals surface area contributed by atoms with E-state index >= 15 is 0 Å². The van der Waals surface area contributed by atoms with E-state index in [1.165, 1.54) is 0 Å². The molecule has 0 aliphatic rings. The van der Waals surface area contributed by atoms with Crippen LogP contribution in [0.15, 0.2) is 12.1 Å². The normalized spacial score (nSPS) is 12.6. The molecule has 0 fully saturated rings. The maximum Gasteiger partial charge on any atom is 0.122 e. The Morgan fingerprint density at radius 2 is 2.00 bits per heavy atom. The van der Waals surface area contributed by atoms with Crippen LogP contribution in [0.3, 0.4) is 0 Å². The Morgan fingerprint density at radius 1 is 1.36 bits per heavy atom. The highest BCUT2D eigenvalue weighted by Crippen LogP contribution is 2.25. The third-order valence-corrected chi connectivity index (χ3v) is 2.38. The molecular formula is C11H17NO2. The molecule has 0 spiro atoms. The minimum absolute atomic E-state index is 0.0351. The lowest BCUT2D eigenvalue weighted by molar-refractivity contribution is 0.267. The first-order chi connectivity index (χ1) is 6.60. The summed E-state index contributed by atoms with van der Waals surface area (Å²) >= 11 is 0. The Balaban J connectivity index is 3.14. The summed E-state index contributed by atoms with van der Waals surface area (Å²) in [6.45, 7) is 3.89. The molecule has 1 atom stereocenters. The van der Waals surface area contributed by atoms with Crippen molar-refractivity contribution in [2.75, 3.05) is 13.7 Å². The highest BCUT2D eigenvalue weighted by atomic mass is 16.5. The molecule has 0 amide bonds. The molecule has 1 aromatic carbocycles. The molecule has 14 heavy (non-hydrogen) atoms. The fourth-order valence-electron chi connectivity index (χ4n) is 1.53. The zero-order chi connectivity index (χ0) is 10.7. The van der Waals surface area contributed by atoms with Crippen LogP contribution in [0, 0.1) is 13.8 Å². The number of nitrogens with two attached hydrogens (primary N) is 1. The van der Waals surface area contributed by atoms with Crippen molar-refractivity contribution in [1.82, 2.24) is 0 Å². The average molecular weight is 195 g/mol. The van der Waals surface area contributed by atoms with Crippen molar-refractivity contribution in [2.24, 2.45) is 5.73 Å². The van der Waals surface area contributed by atoms with Gasteiger partial charge in [-0.3, -0.25) is 0 Å². The molecule has 3 nitrogen and oxygen atoms in total. The van der Waals surface area contributed by atoms with Gasteiger partial charge in [-0.2, -0.15) is 0 Å². The van der Waals surface area contributed by atoms with Crippen LogP contribution in [-0.4, -0.2) is 18.8 Å². The van der Waals surface area contributed by atoms with Crippen molar-refractivity contribution in [3.05, 3.63) is 28.8 Å². The molecule has 0 heterocycles. The standard InChI is InChI=1S/C11H17NO2/c1-7-5-11(14-3)8(2)4-9(7)10(12)6-13/h4-5,10,13H,6,12H2,1-3H3/t10-/m1/s1. The summed E-state index contributed by atoms with van der Waals surface area (Å²) in [6.07, 6.45) is 0. The average Bonchev–Trinajstić information content (AvgIpc) is 2.19. The summed E-state index contributed by atoms with van der Waals surface area (Å²) in [5.41, 5.74) is 8.83. The van der Waals surface area contributed by atoms with Crippen molar-refractivity contribution < 1.29 is 9.84 Å². The van der Waals surface area contributed by atoms with Crippen LogP contribution in [0.1, 0.15) is 22.7 Å². The van der Waals surface area contributed by atoms with E-state index in [1.54, 1.807) is 7.11 Å². The van der Waals surface area contributed by atoms with Crippen LogP contribution >= 0.6 is 0 Å². The Labute approximate surface area is 84.5 Å². The molecule has 1 aromatic rings. The SMILES string of the molecule is COc1cc(C)c([C@H](N)CO)cc1C. The van der Waals surface area contributed by atoms with Crippen LogP contribution in [0.2, 0.25) is 0 Å². The van der Waals surface area contributed by atoms with E-state index in [-0.39, 0.29) is 12.6 Å². The first-order valence-electron chi connectivity index (χ1n) is 4.61. The second-order valence-corrected chi connectivity index (χ2v) is 3.47. The molecule has 0 aromatic heterocycles. The molecule has 0 aliphatic heterocycles. The third-order valence-electron chi connectivity index (χ3n) is 2.38. The van der Waals surface area contributed by atoms with E-state index in [2.05, 4.69) is 0 Å². The Hall–Kier alpha value is -1.06. The van der Waals surface area contributed by atoms with Gasteiger partial charge in [0.25, 0.3) is 0 Å². The first kappa shape index (κ1) is 11.0. The highest BCUT2D eigenvalue weighted by molar-refractivity contribution is 5.42. The van der Waals surface area contributed by atoms with Crippen LogP contribution in [-0.2, 0) is 0 Å². The highest BCUT2D eigenvalue weighted by Gasteiger charge is 2.10. The number of benzene rings is 1. The molecule has 0 saturated carbocycles. The van der Waals surface area contributed by atoms with E-state index in [4.69, 9.17) is 15.6 Å². The van der Waals surface area contributed by atoms with Gasteiger partial charge in [-0.1, -0.05) is 6.07 Å². The minimum atomic E-state index is -0.306. The molecule has 1 rings (SSSR count). The second kappa shape index (κ2) is 4.44. The maximum atomic E-state index is 8.97. The quantitative estimate of drug-likeness (QED) is 0.764. The fourth-order valence-corrected chi connectivity index (χ4v) is 1.53. The summed E-state index contributed by atoms with van der Waals surface area (Å²) in [4.78, 5) is 0. The summed E-state index contributed by atoms with van der Waals surface area (Å²) < 4.78 is 5.19. The lowest BCUT2D eigenvalue weighted by atomic mass is 9.99. The predicted octanol–water partition coefficient (Wildman–Crippen LogP) is 1.30. The Morgan fingerprint density at radius 3 is 2.50 bits per heavy atom. The van der Waals surface area contributed by atoms with Crippen molar-refractivity contribution >= 4 is 0 Å². The fraction of sp³-hybridized carbons (Fsp3) is 0.455. The van der Waals surface area contributed by atoms with Gasteiger partial charge in [-0.15, -0.1) is 0 Å². The van der Waals surface area contributed by atoms with Gasteiger partial charge < -0.3 is 15.6 Å². The molecule has 0 bridgehead atoms. The lowest BCUT2D eigenvalue weighted by Gasteiger charge is -2.15. The number of aliphatic hydroxyl groups excluding tert-OH is 1. The smallest absolute Gasteiger partial charge is 0.122 e. The van der Waals surface area contributed by atoms with Gasteiger partial charge in [-0.05, 0) is 36.6 Å². The summed E-state index contributed by atoms with van der Waals surface area (Å²) in [7, 11) is 1.65. The number of ether oxygens (including phenoxy) is 1. The Kier molecular flexibility index (Phi) is 3.49. The van der Waals surface area contributed by atoms with Crippen LogP contribution in [0.4, 0.5) is 0 Å². The molecule has 3 heteroatoms. The van der Waals surface area contributed by atoms with Crippen molar-refractivity contribution in [2.45, 2.75) is 19.9 Å². The van der Waals surface area contributed by atoms with E-state index in [0.717, 1.165) is 22.4 Å². The Bertz CT molecular complexity index is 323. The van der Waals surface area contributed by atoms with Crippen LogP contribution < -0.4 is 10.5 Å². The number of rotatable bonds is 3. The number of aryl methyl sites for hydroxylation is 2. The minimum Gasteiger partial charge on any atom is -0.496 e. The maximum absolute atomic E-state index is 8.97. The van der Waals surface area contributed by atoms with E-state index < -0.39 is 0 Å². The van der Waals surface area contributed by atoms with Gasteiger partial charge >= 0.3 is 0 Å². The number of hydrogen-bond acceptors (Lipinski definition) is 3. The molecular weight excluding hydrogens is 178 g/mol. The van der Waals surface area contributed by atoms with Crippen molar-refractivity contribution in [3.63, 3.8) is 0 Å². The van der Waals surface area contributed by atoms with Crippen molar-refractivity contribution in [3.8, 4) is 5.75 Å². The summed E-state index contributed by atoms with van der Waals surface area (Å²) in [5.74, 6) is 0.858. The third kappa shape index (κ3) is 2.05. The van der Waals surface area contributed by atoms with Crippen LogP contribution in [0.5, 0.6) is 5.75 Å². The monoisotopic (exact) mass is 195 g/mol. The van der Waals surface area contributed by atoms with Gasteiger partial charge in [0.2, 0.25) is 0 Å². The largest absolute Gasteiger partial charge is 0.496 e. The van der Waals surface area contributed by atoms with Gasteiger partial charge in [0, 0.05) is 0 Å². The molecule has 0 radical (unpaired) electrons. The lowest BCUT2D eigenvalue weighted by Crippen LogP contribution is -2.16. The molecule has 0 unspecified atom stereocenters. The zero-order valence-corrected chi connectivity index (χ0v) is 8.87. The summed E-state index contributed by atoms with van der Waals surface area (Å²) in [5, 5.41) is 8.97. The van der Waals surface area contributed by atoms with E-state index in [9.17, 15) is 0 Å². The van der Waals surface area contributed by atoms with E-state index in [1.807, 2.05) is 26.0 Å². The molecule has 78 valence electrons. The van der Waals surface area contributed by atoms with Crippen molar-refractivity contribution in [1.29, 1.82) is 0 Å². The molecule has 0 saturated heterocycles. The number of methoxy groups -OCH3 is 1. The predicted molar refractivity (Wildman–Crippen MR) is 56.5 cm³/mol. The van der Waals surface area contributed by atoms with E-state index in [0.29, 0.717) is 0 Å². The topological polar surface area (TPSA) is 55.5 Å². The summed E-state index contributed by atoms with van der Waals surface area (Å²) in [6, 6.07) is 3.61. The van der Waals surface area contributed by atoms with Gasteiger partial charge in [0.15, 0.2) is 0 Å². The second-order valence-electron chi connectivity index (χ2n) is 3.47. The van der Waals surface area contributed by atoms with Gasteiger partial charge in [0.05, 0.1) is 19.8 Å². The number of hydrogen-bond donors (Lipinski definition) is 2. The molecule has 3 N–H and O–H groups in total. The molecule has 0 aliphatic carbocycles. The number of aliphatic hydroxyl groups is 1. The first-order valence-corrected chi connectivity index (χ1v) is 4.61. The van der Waals surface area contributed by atoms with Gasteiger partial charge in [0.1, 0.15) is 5.75 Å².